The SMILES string of the molecule is Br.O=C(CBr)Cc1cccnc1. The lowest BCUT2D eigenvalue weighted by molar-refractivity contribution is -0.115. The number of alkyl halides is 1. The number of hydrogen-bond donors (Lipinski definition) is 0. The van der Waals surface area contributed by atoms with Crippen molar-refractivity contribution in [2.45, 2.75) is 6.42 Å². The van der Waals surface area contributed by atoms with Crippen LogP contribution in [-0.4, -0.2) is 16.1 Å². The van der Waals surface area contributed by atoms with Crippen LogP contribution in [-0.2, 0) is 11.2 Å². The highest BCUT2D eigenvalue weighted by Gasteiger charge is 1.99. The molecule has 0 atom stereocenters. The van der Waals surface area contributed by atoms with E-state index < -0.39 is 0 Å². The van der Waals surface area contributed by atoms with Gasteiger partial charge in [-0.25, -0.2) is 0 Å². The molecule has 66 valence electrons. The summed E-state index contributed by atoms with van der Waals surface area (Å²) in [5.41, 5.74) is 0.969. The fourth-order valence-electron chi connectivity index (χ4n) is 0.778. The topological polar surface area (TPSA) is 30.0 Å². The standard InChI is InChI=1S/C8H8BrNO.BrH/c9-5-8(11)4-7-2-1-3-10-6-7;/h1-3,6H,4-5H2;1H. The Hall–Kier alpha value is -0.220. The summed E-state index contributed by atoms with van der Waals surface area (Å²) in [5.74, 6) is 0.179. The molecule has 1 heterocycles. The second-order valence-electron chi connectivity index (χ2n) is 2.21. The minimum absolute atomic E-state index is 0. The van der Waals surface area contributed by atoms with E-state index >= 15 is 0 Å². The largest absolute Gasteiger partial charge is 0.298 e. The van der Waals surface area contributed by atoms with E-state index in [1.54, 1.807) is 12.4 Å². The van der Waals surface area contributed by atoms with E-state index in [1.807, 2.05) is 12.1 Å². The summed E-state index contributed by atoms with van der Waals surface area (Å²) in [6.45, 7) is 0. The van der Waals surface area contributed by atoms with Crippen molar-refractivity contribution in [2.75, 3.05) is 5.33 Å². The van der Waals surface area contributed by atoms with Crippen LogP contribution < -0.4 is 0 Å². The fourth-order valence-corrected chi connectivity index (χ4v) is 0.976. The molecule has 0 aliphatic rings. The van der Waals surface area contributed by atoms with Crippen molar-refractivity contribution >= 4 is 38.7 Å². The van der Waals surface area contributed by atoms with E-state index in [1.165, 1.54) is 0 Å². The van der Waals surface area contributed by atoms with Crippen molar-refractivity contribution in [2.24, 2.45) is 0 Å². The molecule has 0 amide bonds. The molecule has 0 aliphatic carbocycles. The van der Waals surface area contributed by atoms with E-state index in [9.17, 15) is 4.79 Å². The van der Waals surface area contributed by atoms with E-state index in [-0.39, 0.29) is 22.8 Å². The third-order valence-corrected chi connectivity index (χ3v) is 1.90. The fraction of sp³-hybridized carbons (Fsp3) is 0.250. The smallest absolute Gasteiger partial charge is 0.147 e. The maximum atomic E-state index is 10.9. The first-order valence-corrected chi connectivity index (χ1v) is 4.41. The van der Waals surface area contributed by atoms with E-state index in [0.29, 0.717) is 11.8 Å². The number of pyridine rings is 1. The highest BCUT2D eigenvalue weighted by molar-refractivity contribution is 9.09. The number of ketones is 1. The number of carbonyl (C=O) groups is 1. The van der Waals surface area contributed by atoms with Crippen LogP contribution >= 0.6 is 32.9 Å². The number of aromatic nitrogens is 1. The third-order valence-electron chi connectivity index (χ3n) is 1.27. The van der Waals surface area contributed by atoms with Crippen LogP contribution in [0.5, 0.6) is 0 Å². The highest BCUT2D eigenvalue weighted by atomic mass is 79.9. The molecular weight excluding hydrogens is 286 g/mol. The molecular formula is C8H9Br2NO. The molecule has 1 rings (SSSR count). The molecule has 1 aromatic rings. The summed E-state index contributed by atoms with van der Waals surface area (Å²) < 4.78 is 0. The Morgan fingerprint density at radius 1 is 1.58 bits per heavy atom. The Morgan fingerprint density at radius 2 is 2.33 bits per heavy atom. The predicted molar refractivity (Wildman–Crippen MR) is 57.1 cm³/mol. The second kappa shape index (κ2) is 6.31. The number of Topliss-reactive ketones (excluding diaryl/α,β-unsaturated/α-hetero) is 1. The van der Waals surface area contributed by atoms with Gasteiger partial charge in [0.25, 0.3) is 0 Å². The molecule has 0 saturated carbocycles. The number of rotatable bonds is 3. The van der Waals surface area contributed by atoms with Gasteiger partial charge in [-0.05, 0) is 11.6 Å². The molecule has 0 bridgehead atoms. The predicted octanol–water partition coefficient (Wildman–Crippen LogP) is 2.17. The Kier molecular flexibility index (Phi) is 6.20. The van der Waals surface area contributed by atoms with Gasteiger partial charge in [0.2, 0.25) is 0 Å². The van der Waals surface area contributed by atoms with Crippen LogP contribution in [0.4, 0.5) is 0 Å². The Balaban J connectivity index is 0.00000121. The zero-order valence-corrected chi connectivity index (χ0v) is 9.66. The molecule has 1 aromatic heterocycles. The third kappa shape index (κ3) is 3.97. The summed E-state index contributed by atoms with van der Waals surface area (Å²) in [6.07, 6.45) is 3.88. The molecule has 12 heavy (non-hydrogen) atoms. The van der Waals surface area contributed by atoms with Crippen LogP contribution in [0.2, 0.25) is 0 Å². The molecule has 0 spiro atoms. The Morgan fingerprint density at radius 3 is 2.83 bits per heavy atom. The summed E-state index contributed by atoms with van der Waals surface area (Å²) in [5, 5.41) is 0.419. The molecule has 0 fully saturated rings. The van der Waals surface area contributed by atoms with Crippen molar-refractivity contribution in [3.63, 3.8) is 0 Å². The second-order valence-corrected chi connectivity index (χ2v) is 2.77. The number of carbonyl (C=O) groups excluding carboxylic acids is 1. The monoisotopic (exact) mass is 293 g/mol. The van der Waals surface area contributed by atoms with Gasteiger partial charge in [-0.1, -0.05) is 22.0 Å². The lowest BCUT2D eigenvalue weighted by atomic mass is 10.2. The lowest BCUT2D eigenvalue weighted by Gasteiger charge is -1.95. The summed E-state index contributed by atoms with van der Waals surface area (Å²) in [7, 11) is 0. The van der Waals surface area contributed by atoms with Crippen molar-refractivity contribution < 1.29 is 4.79 Å². The molecule has 4 heteroatoms. The average Bonchev–Trinajstić information content (AvgIpc) is 2.06. The minimum atomic E-state index is 0. The number of nitrogens with zero attached hydrogens (tertiary/aromatic N) is 1. The number of hydrogen-bond acceptors (Lipinski definition) is 2. The quantitative estimate of drug-likeness (QED) is 0.800. The van der Waals surface area contributed by atoms with Gasteiger partial charge in [-0.3, -0.25) is 9.78 Å². The van der Waals surface area contributed by atoms with Gasteiger partial charge < -0.3 is 0 Å². The highest BCUT2D eigenvalue weighted by Crippen LogP contribution is 1.98. The van der Waals surface area contributed by atoms with Crippen molar-refractivity contribution in [1.82, 2.24) is 4.98 Å². The molecule has 0 aromatic carbocycles. The molecule has 0 saturated heterocycles. The van der Waals surface area contributed by atoms with E-state index in [4.69, 9.17) is 0 Å². The first kappa shape index (κ1) is 11.8. The normalized spacial score (nSPS) is 8.75. The Bertz CT molecular complexity index is 238. The van der Waals surface area contributed by atoms with Crippen LogP contribution in [0.3, 0.4) is 0 Å². The summed E-state index contributed by atoms with van der Waals surface area (Å²) >= 11 is 3.10. The van der Waals surface area contributed by atoms with E-state index in [2.05, 4.69) is 20.9 Å². The number of halogens is 2. The van der Waals surface area contributed by atoms with Gasteiger partial charge in [0, 0.05) is 18.8 Å². The molecule has 0 aliphatic heterocycles. The summed E-state index contributed by atoms with van der Waals surface area (Å²) in [4.78, 5) is 14.8. The molecule has 0 radical (unpaired) electrons. The maximum absolute atomic E-state index is 10.9. The Labute approximate surface area is 90.3 Å². The van der Waals surface area contributed by atoms with Crippen molar-refractivity contribution in [1.29, 1.82) is 0 Å². The minimum Gasteiger partial charge on any atom is -0.298 e. The molecule has 2 nitrogen and oxygen atoms in total. The van der Waals surface area contributed by atoms with Gasteiger partial charge >= 0.3 is 0 Å². The van der Waals surface area contributed by atoms with Crippen molar-refractivity contribution in [3.8, 4) is 0 Å². The van der Waals surface area contributed by atoms with Gasteiger partial charge in [0.15, 0.2) is 0 Å². The van der Waals surface area contributed by atoms with E-state index in [0.717, 1.165) is 5.56 Å². The van der Waals surface area contributed by atoms with Crippen LogP contribution in [0.1, 0.15) is 5.56 Å². The zero-order valence-electron chi connectivity index (χ0n) is 6.37. The zero-order chi connectivity index (χ0) is 8.10. The van der Waals surface area contributed by atoms with Gasteiger partial charge in [-0.15, -0.1) is 17.0 Å². The van der Waals surface area contributed by atoms with Gasteiger partial charge in [-0.2, -0.15) is 0 Å². The van der Waals surface area contributed by atoms with Crippen LogP contribution in [0.15, 0.2) is 24.5 Å². The molecule has 0 unspecified atom stereocenters. The molecule has 0 N–H and O–H groups in total. The maximum Gasteiger partial charge on any atom is 0.147 e. The van der Waals surface area contributed by atoms with Crippen LogP contribution in [0.25, 0.3) is 0 Å². The van der Waals surface area contributed by atoms with Gasteiger partial charge in [0.05, 0.1) is 5.33 Å². The van der Waals surface area contributed by atoms with Gasteiger partial charge in [0.1, 0.15) is 5.78 Å². The first-order valence-electron chi connectivity index (χ1n) is 3.29. The van der Waals surface area contributed by atoms with Crippen molar-refractivity contribution in [3.05, 3.63) is 30.1 Å². The summed E-state index contributed by atoms with van der Waals surface area (Å²) in [6, 6.07) is 3.73. The van der Waals surface area contributed by atoms with Crippen LogP contribution in [0, 0.1) is 0 Å². The lowest BCUT2D eigenvalue weighted by Crippen LogP contribution is -2.03. The first-order chi connectivity index (χ1) is 5.33. The average molecular weight is 295 g/mol.